The molecule has 1 aliphatic rings. The Labute approximate surface area is 184 Å². The van der Waals surface area contributed by atoms with E-state index in [0.29, 0.717) is 0 Å². The van der Waals surface area contributed by atoms with Crippen molar-refractivity contribution in [3.8, 4) is 0 Å². The third-order valence-electron chi connectivity index (χ3n) is 3.75. The van der Waals surface area contributed by atoms with Crippen LogP contribution >= 0.6 is 23.5 Å². The lowest BCUT2D eigenvalue weighted by molar-refractivity contribution is -0.0757. The Morgan fingerprint density at radius 2 is 2.00 bits per heavy atom. The molecule has 0 amide bonds. The van der Waals surface area contributed by atoms with E-state index in [4.69, 9.17) is 30.5 Å². The summed E-state index contributed by atoms with van der Waals surface area (Å²) in [4.78, 5) is 54.1. The molecule has 0 spiro atoms. The van der Waals surface area contributed by atoms with Gasteiger partial charge in [0.2, 0.25) is 0 Å². The third kappa shape index (κ3) is 8.88. The minimum atomic E-state index is -5.71. The zero-order valence-corrected chi connectivity index (χ0v) is 19.2. The molecule has 2 rings (SSSR count). The Morgan fingerprint density at radius 1 is 1.33 bits per heavy atom. The molecule has 1 fully saturated rings. The number of azide groups is 1. The van der Waals surface area contributed by atoms with Gasteiger partial charge in [0.05, 0.1) is 12.7 Å². The number of nitrogen functional groups attached to an aromatic ring is 1. The summed E-state index contributed by atoms with van der Waals surface area (Å²) in [7, 11) is -16.7. The first-order valence-electron chi connectivity index (χ1n) is 8.59. The third-order valence-corrected chi connectivity index (χ3v) is 7.55. The van der Waals surface area contributed by atoms with Crippen molar-refractivity contribution in [3.05, 3.63) is 33.2 Å². The van der Waals surface area contributed by atoms with Crippen molar-refractivity contribution in [2.45, 2.75) is 38.0 Å². The minimum Gasteiger partial charge on any atom is -0.383 e. The Hall–Kier alpha value is -1.68. The highest BCUT2D eigenvalue weighted by molar-refractivity contribution is 7.66. The lowest BCUT2D eigenvalue weighted by atomic mass is 10.2. The van der Waals surface area contributed by atoms with E-state index in [1.807, 2.05) is 0 Å². The van der Waals surface area contributed by atoms with Crippen LogP contribution < -0.4 is 11.4 Å². The molecule has 2 heterocycles. The molecule has 0 saturated carbocycles. The summed E-state index contributed by atoms with van der Waals surface area (Å²) in [5, 5.41) is 3.32. The van der Waals surface area contributed by atoms with E-state index in [9.17, 15) is 28.3 Å². The van der Waals surface area contributed by atoms with Gasteiger partial charge >= 0.3 is 29.2 Å². The zero-order chi connectivity index (χ0) is 25.0. The molecule has 22 heteroatoms. The molecule has 1 saturated heterocycles. The summed E-state index contributed by atoms with van der Waals surface area (Å²) in [5.41, 5.74) is 13.2. The Kier molecular flexibility index (Phi) is 8.95. The van der Waals surface area contributed by atoms with Gasteiger partial charge < -0.3 is 34.8 Å². The number of nitrogens with zero attached hydrogens (tertiary/aromatic N) is 5. The van der Waals surface area contributed by atoms with E-state index in [0.717, 1.165) is 4.57 Å². The largest absolute Gasteiger partial charge is 0.490 e. The van der Waals surface area contributed by atoms with E-state index in [1.54, 1.807) is 0 Å². The van der Waals surface area contributed by atoms with Crippen molar-refractivity contribution in [1.29, 1.82) is 0 Å². The smallest absolute Gasteiger partial charge is 0.383 e. The number of ether oxygens (including phenoxy) is 2. The van der Waals surface area contributed by atoms with Crippen molar-refractivity contribution in [2.75, 3.05) is 12.3 Å². The van der Waals surface area contributed by atoms with Crippen LogP contribution in [0, 0.1) is 0 Å². The molecule has 0 bridgehead atoms. The molecule has 186 valence electrons. The van der Waals surface area contributed by atoms with Gasteiger partial charge in [0.1, 0.15) is 24.4 Å². The van der Waals surface area contributed by atoms with Gasteiger partial charge in [-0.1, -0.05) is 5.11 Å². The number of rotatable bonds is 11. The Balaban J connectivity index is 2.15. The highest BCUT2D eigenvalue weighted by Crippen LogP contribution is 2.66. The number of nitrogens with two attached hydrogens (primary N) is 1. The van der Waals surface area contributed by atoms with Crippen LogP contribution in [0.4, 0.5) is 5.82 Å². The summed E-state index contributed by atoms with van der Waals surface area (Å²) >= 11 is 0. The molecular weight excluding hydrogens is 517 g/mol. The molecule has 33 heavy (non-hydrogen) atoms. The number of aromatic nitrogens is 2. The molecule has 1 aliphatic heterocycles. The average molecular weight is 536 g/mol. The highest BCUT2D eigenvalue weighted by atomic mass is 31.3. The van der Waals surface area contributed by atoms with Crippen molar-refractivity contribution in [1.82, 2.24) is 9.55 Å². The summed E-state index contributed by atoms with van der Waals surface area (Å²) in [6.07, 6.45) is -3.05. The lowest BCUT2D eigenvalue weighted by Gasteiger charge is -2.22. The quantitative estimate of drug-likeness (QED) is 0.111. The highest BCUT2D eigenvalue weighted by Gasteiger charge is 2.43. The predicted molar refractivity (Wildman–Crippen MR) is 105 cm³/mol. The first kappa shape index (κ1) is 27.6. The fraction of sp³-hybridized carbons (Fsp3) is 0.636. The van der Waals surface area contributed by atoms with E-state index in [1.165, 1.54) is 19.2 Å². The molecule has 19 nitrogen and oxygen atoms in total. The fourth-order valence-corrected chi connectivity index (χ4v) is 5.66. The predicted octanol–water partition coefficient (Wildman–Crippen LogP) is 0.498. The van der Waals surface area contributed by atoms with Gasteiger partial charge in [-0.15, -0.1) is 0 Å². The van der Waals surface area contributed by atoms with Crippen LogP contribution in [0.5, 0.6) is 0 Å². The number of phosphoric ester groups is 1. The van der Waals surface area contributed by atoms with Gasteiger partial charge in [0.15, 0.2) is 0 Å². The number of phosphoric acid groups is 3. The van der Waals surface area contributed by atoms with Crippen LogP contribution in [0.3, 0.4) is 0 Å². The second-order valence-electron chi connectivity index (χ2n) is 6.27. The van der Waals surface area contributed by atoms with Crippen molar-refractivity contribution in [3.63, 3.8) is 0 Å². The molecule has 3 unspecified atom stereocenters. The van der Waals surface area contributed by atoms with Crippen LogP contribution in [0.1, 0.15) is 19.6 Å². The maximum atomic E-state index is 12.1. The average Bonchev–Trinajstić information content (AvgIpc) is 2.99. The van der Waals surface area contributed by atoms with Gasteiger partial charge in [-0.2, -0.15) is 13.6 Å². The van der Waals surface area contributed by atoms with Crippen LogP contribution in [0.2, 0.25) is 0 Å². The number of anilines is 1. The molecule has 0 aromatic carbocycles. The molecular formula is C11H19N6O13P3. The van der Waals surface area contributed by atoms with E-state index in [-0.39, 0.29) is 12.2 Å². The van der Waals surface area contributed by atoms with Crippen molar-refractivity contribution < 1.29 is 55.9 Å². The normalized spacial score (nSPS) is 25.5. The fourth-order valence-electron chi connectivity index (χ4n) is 2.63. The SMILES string of the molecule is C[C@H](N=[N+]=[N-])O[C@@H]1C[C@H](n2ccc(N)nc2=O)OC1COP(=O)(O)OP(=O)(O)OP(=O)(O)O. The Morgan fingerprint density at radius 3 is 2.58 bits per heavy atom. The number of hydrogen-bond acceptors (Lipinski definition) is 12. The van der Waals surface area contributed by atoms with Crippen LogP contribution in [0.25, 0.3) is 10.4 Å². The second-order valence-corrected chi connectivity index (χ2v) is 10.7. The standard InChI is InChI=1S/C11H19N6O13P3/c1-6(15-16-13)27-7-4-10(17-3-2-9(12)14-11(17)18)28-8(7)5-26-32(22,23)30-33(24,25)29-31(19,20)21/h2-3,6-8,10H,4-5H2,1H3,(H,22,23)(H,24,25)(H2,12,14,18)(H2,19,20,21)/t6-,7-,8?,10-/m1/s1. The van der Waals surface area contributed by atoms with E-state index < -0.39 is 60.4 Å². The monoisotopic (exact) mass is 536 g/mol. The van der Waals surface area contributed by atoms with Gasteiger partial charge in [-0.25, -0.2) is 18.5 Å². The van der Waals surface area contributed by atoms with E-state index in [2.05, 4.69) is 28.2 Å². The maximum absolute atomic E-state index is 12.1. The van der Waals surface area contributed by atoms with Gasteiger partial charge in [-0.05, 0) is 18.5 Å². The van der Waals surface area contributed by atoms with Crippen LogP contribution in [-0.4, -0.2) is 54.2 Å². The van der Waals surface area contributed by atoms with Gasteiger partial charge in [0, 0.05) is 17.5 Å². The molecule has 6 atom stereocenters. The topological polar surface area (TPSA) is 288 Å². The number of hydrogen-bond donors (Lipinski definition) is 5. The van der Waals surface area contributed by atoms with Gasteiger partial charge in [-0.3, -0.25) is 9.09 Å². The zero-order valence-electron chi connectivity index (χ0n) is 16.5. The molecule has 1 aromatic rings. The lowest BCUT2D eigenvalue weighted by Crippen LogP contribution is -2.31. The van der Waals surface area contributed by atoms with Crippen LogP contribution in [-0.2, 0) is 36.3 Å². The second kappa shape index (κ2) is 10.7. The summed E-state index contributed by atoms with van der Waals surface area (Å²) in [6, 6.07) is 1.31. The van der Waals surface area contributed by atoms with Crippen molar-refractivity contribution in [2.24, 2.45) is 5.11 Å². The molecule has 0 aliphatic carbocycles. The first-order valence-corrected chi connectivity index (χ1v) is 13.1. The Bertz CT molecular complexity index is 1100. The first-order chi connectivity index (χ1) is 15.1. The van der Waals surface area contributed by atoms with E-state index >= 15 is 0 Å². The molecule has 0 radical (unpaired) electrons. The van der Waals surface area contributed by atoms with Gasteiger partial charge in [0.25, 0.3) is 0 Å². The summed E-state index contributed by atoms with van der Waals surface area (Å²) in [6.45, 7) is 0.536. The summed E-state index contributed by atoms with van der Waals surface area (Å²) in [5.74, 6) is -0.0526. The maximum Gasteiger partial charge on any atom is 0.490 e. The minimum absolute atomic E-state index is 0.0526. The molecule has 1 aromatic heterocycles. The summed E-state index contributed by atoms with van der Waals surface area (Å²) < 4.78 is 58.0. The van der Waals surface area contributed by atoms with Crippen molar-refractivity contribution >= 4 is 29.3 Å². The molecule has 6 N–H and O–H groups in total. The van der Waals surface area contributed by atoms with Crippen LogP contribution in [0.15, 0.2) is 22.2 Å².